The first-order valence-corrected chi connectivity index (χ1v) is 9.72. The molecule has 0 saturated heterocycles. The fourth-order valence-corrected chi connectivity index (χ4v) is 3.85. The summed E-state index contributed by atoms with van der Waals surface area (Å²) in [6, 6.07) is 19.0. The normalized spacial score (nSPS) is 10.6. The minimum atomic E-state index is -0.245. The minimum absolute atomic E-state index is 0.0664. The molecule has 7 heteroatoms. The lowest BCUT2D eigenvalue weighted by atomic mass is 10.0. The Hall–Kier alpha value is -3.71. The second-order valence-electron chi connectivity index (χ2n) is 6.35. The molecule has 4 rings (SSSR count). The van der Waals surface area contributed by atoms with E-state index in [0.29, 0.717) is 11.4 Å². The minimum Gasteiger partial charge on any atom is -0.483 e. The van der Waals surface area contributed by atoms with Gasteiger partial charge in [-0.2, -0.15) is 0 Å². The highest BCUT2D eigenvalue weighted by atomic mass is 32.1. The summed E-state index contributed by atoms with van der Waals surface area (Å²) in [7, 11) is 0. The van der Waals surface area contributed by atoms with Gasteiger partial charge in [0.05, 0.1) is 4.88 Å². The van der Waals surface area contributed by atoms with Gasteiger partial charge < -0.3 is 15.8 Å². The Bertz CT molecular complexity index is 1190. The van der Waals surface area contributed by atoms with Gasteiger partial charge in [0.15, 0.2) is 6.61 Å². The number of carbonyl (C=O) groups excluding carboxylic acids is 1. The van der Waals surface area contributed by atoms with Crippen LogP contribution in [0.15, 0.2) is 73.1 Å². The number of nitrogens with one attached hydrogen (secondary N) is 2. The molecule has 0 unspecified atom stereocenters. The van der Waals surface area contributed by atoms with Crippen LogP contribution in [0.25, 0.3) is 21.2 Å². The number of hydrogen-bond acceptors (Lipinski definition) is 5. The molecule has 29 heavy (non-hydrogen) atoms. The Morgan fingerprint density at radius 1 is 1.10 bits per heavy atom. The number of rotatable bonds is 6. The summed E-state index contributed by atoms with van der Waals surface area (Å²) in [6.45, 7) is -0.103. The van der Waals surface area contributed by atoms with Gasteiger partial charge >= 0.3 is 0 Å². The topological polar surface area (TPSA) is 101 Å². The first kappa shape index (κ1) is 18.6. The van der Waals surface area contributed by atoms with Gasteiger partial charge in [-0.3, -0.25) is 15.2 Å². The van der Waals surface area contributed by atoms with Gasteiger partial charge in [-0.15, -0.1) is 11.3 Å². The molecule has 2 heterocycles. The Morgan fingerprint density at radius 3 is 2.69 bits per heavy atom. The van der Waals surface area contributed by atoms with E-state index in [4.69, 9.17) is 15.9 Å². The van der Waals surface area contributed by atoms with Crippen LogP contribution in [0.3, 0.4) is 0 Å². The number of para-hydroxylation sites is 1. The third kappa shape index (κ3) is 4.25. The zero-order valence-corrected chi connectivity index (χ0v) is 16.2. The monoisotopic (exact) mass is 402 g/mol. The predicted octanol–water partition coefficient (Wildman–Crippen LogP) is 4.26. The number of nitrogens with two attached hydrogens (primary N) is 1. The van der Waals surface area contributed by atoms with Crippen molar-refractivity contribution in [3.8, 4) is 16.9 Å². The SMILES string of the molecule is N=C(N)c1cc2cc(-c3ccccc3OCC(=O)Nc3ccncc3)ccc2s1. The van der Waals surface area contributed by atoms with E-state index in [2.05, 4.69) is 10.3 Å². The molecular formula is C22H18N4O2S. The molecule has 1 amide bonds. The second kappa shape index (κ2) is 8.12. The van der Waals surface area contributed by atoms with E-state index in [1.165, 1.54) is 11.3 Å². The molecule has 0 fully saturated rings. The maximum absolute atomic E-state index is 12.2. The van der Waals surface area contributed by atoms with Crippen LogP contribution in [0.5, 0.6) is 5.75 Å². The first-order chi connectivity index (χ1) is 14.1. The number of fused-ring (bicyclic) bond motifs is 1. The van der Waals surface area contributed by atoms with Gasteiger partial charge in [0.25, 0.3) is 5.91 Å². The van der Waals surface area contributed by atoms with Crippen molar-refractivity contribution in [3.05, 3.63) is 77.9 Å². The van der Waals surface area contributed by atoms with Crippen LogP contribution in [0.4, 0.5) is 5.69 Å². The fraction of sp³-hybridized carbons (Fsp3) is 0.0455. The highest BCUT2D eigenvalue weighted by Gasteiger charge is 2.11. The molecule has 6 nitrogen and oxygen atoms in total. The lowest BCUT2D eigenvalue weighted by Crippen LogP contribution is -2.20. The largest absolute Gasteiger partial charge is 0.483 e. The van der Waals surface area contributed by atoms with Crippen molar-refractivity contribution >= 4 is 38.9 Å². The maximum atomic E-state index is 12.2. The van der Waals surface area contributed by atoms with E-state index >= 15 is 0 Å². The molecule has 0 aliphatic heterocycles. The average molecular weight is 402 g/mol. The van der Waals surface area contributed by atoms with E-state index in [0.717, 1.165) is 26.1 Å². The molecule has 0 radical (unpaired) electrons. The number of anilines is 1. The van der Waals surface area contributed by atoms with Crippen molar-refractivity contribution in [1.82, 2.24) is 4.98 Å². The lowest BCUT2D eigenvalue weighted by molar-refractivity contribution is -0.118. The molecule has 2 aromatic heterocycles. The molecule has 0 bridgehead atoms. The van der Waals surface area contributed by atoms with Crippen LogP contribution in [-0.4, -0.2) is 23.3 Å². The molecule has 4 N–H and O–H groups in total. The van der Waals surface area contributed by atoms with Crippen LogP contribution in [0.2, 0.25) is 0 Å². The number of benzene rings is 2. The van der Waals surface area contributed by atoms with E-state index in [1.807, 2.05) is 48.5 Å². The van der Waals surface area contributed by atoms with E-state index < -0.39 is 0 Å². The van der Waals surface area contributed by atoms with Crippen molar-refractivity contribution in [2.24, 2.45) is 5.73 Å². The van der Waals surface area contributed by atoms with Gasteiger partial charge in [0.2, 0.25) is 0 Å². The van der Waals surface area contributed by atoms with Crippen LogP contribution in [0, 0.1) is 5.41 Å². The first-order valence-electron chi connectivity index (χ1n) is 8.90. The van der Waals surface area contributed by atoms with Crippen LogP contribution < -0.4 is 15.8 Å². The highest BCUT2D eigenvalue weighted by Crippen LogP contribution is 2.34. The predicted molar refractivity (Wildman–Crippen MR) is 117 cm³/mol. The molecule has 144 valence electrons. The van der Waals surface area contributed by atoms with Gasteiger partial charge in [-0.05, 0) is 47.3 Å². The van der Waals surface area contributed by atoms with Crippen LogP contribution in [0.1, 0.15) is 4.88 Å². The lowest BCUT2D eigenvalue weighted by Gasteiger charge is -2.12. The van der Waals surface area contributed by atoms with Gasteiger partial charge in [-0.25, -0.2) is 0 Å². The van der Waals surface area contributed by atoms with Crippen molar-refractivity contribution in [2.45, 2.75) is 0 Å². The number of nitrogens with zero attached hydrogens (tertiary/aromatic N) is 1. The molecule has 4 aromatic rings. The number of amides is 1. The summed E-state index contributed by atoms with van der Waals surface area (Å²) in [6.07, 6.45) is 3.23. The van der Waals surface area contributed by atoms with E-state index in [9.17, 15) is 4.79 Å². The molecule has 0 aliphatic rings. The van der Waals surface area contributed by atoms with Gasteiger partial charge in [0.1, 0.15) is 11.6 Å². The van der Waals surface area contributed by atoms with Crippen LogP contribution >= 0.6 is 11.3 Å². The quantitative estimate of drug-likeness (QED) is 0.331. The van der Waals surface area contributed by atoms with Gasteiger partial charge in [0, 0.05) is 28.3 Å². The Labute approximate surface area is 171 Å². The number of carbonyl (C=O) groups is 1. The molecule has 2 aromatic carbocycles. The molecule has 0 saturated carbocycles. The Morgan fingerprint density at radius 2 is 1.90 bits per heavy atom. The zero-order chi connectivity index (χ0) is 20.2. The highest BCUT2D eigenvalue weighted by molar-refractivity contribution is 7.20. The van der Waals surface area contributed by atoms with E-state index in [1.54, 1.807) is 24.5 Å². The molecular weight excluding hydrogens is 384 g/mol. The summed E-state index contributed by atoms with van der Waals surface area (Å²) >= 11 is 1.49. The van der Waals surface area contributed by atoms with Crippen molar-refractivity contribution in [1.29, 1.82) is 5.41 Å². The number of pyridine rings is 1. The van der Waals surface area contributed by atoms with E-state index in [-0.39, 0.29) is 18.3 Å². The van der Waals surface area contributed by atoms with Crippen molar-refractivity contribution in [3.63, 3.8) is 0 Å². The Balaban J connectivity index is 1.54. The molecule has 0 atom stereocenters. The summed E-state index contributed by atoms with van der Waals surface area (Å²) in [5.74, 6) is 0.445. The number of nitrogen functional groups attached to an aromatic ring is 1. The third-order valence-corrected chi connectivity index (χ3v) is 5.45. The number of hydrogen-bond donors (Lipinski definition) is 3. The summed E-state index contributed by atoms with van der Waals surface area (Å²) < 4.78 is 6.87. The van der Waals surface area contributed by atoms with Crippen molar-refractivity contribution in [2.75, 3.05) is 11.9 Å². The zero-order valence-electron chi connectivity index (χ0n) is 15.4. The summed E-state index contributed by atoms with van der Waals surface area (Å²) in [5, 5.41) is 11.4. The third-order valence-electron chi connectivity index (χ3n) is 4.30. The number of thiophene rings is 1. The molecule has 0 spiro atoms. The fourth-order valence-electron chi connectivity index (χ4n) is 2.95. The number of aromatic nitrogens is 1. The maximum Gasteiger partial charge on any atom is 0.262 e. The van der Waals surface area contributed by atoms with Gasteiger partial charge in [-0.1, -0.05) is 24.3 Å². The Kier molecular flexibility index (Phi) is 5.22. The summed E-state index contributed by atoms with van der Waals surface area (Å²) in [4.78, 5) is 16.9. The van der Waals surface area contributed by atoms with Crippen molar-refractivity contribution < 1.29 is 9.53 Å². The number of ether oxygens (including phenoxy) is 1. The standard InChI is InChI=1S/C22H18N4O2S/c23-22(24)20-12-15-11-14(5-6-19(15)29-20)17-3-1-2-4-18(17)28-13-21(27)26-16-7-9-25-10-8-16/h1-12H,13H2,(H3,23,24)(H,25,26,27). The second-order valence-corrected chi connectivity index (χ2v) is 7.43. The van der Waals surface area contributed by atoms with Crippen LogP contribution in [-0.2, 0) is 4.79 Å². The number of amidine groups is 1. The smallest absolute Gasteiger partial charge is 0.262 e. The molecule has 0 aliphatic carbocycles. The average Bonchev–Trinajstić information content (AvgIpc) is 3.17. The summed E-state index contributed by atoms with van der Waals surface area (Å²) in [5.41, 5.74) is 8.14.